The Morgan fingerprint density at radius 3 is 2.79 bits per heavy atom. The molecule has 0 bridgehead atoms. The Labute approximate surface area is 112 Å². The maximum Gasteiger partial charge on any atom is 0.152 e. The van der Waals surface area contributed by atoms with Crippen LogP contribution in [-0.4, -0.2) is 9.78 Å². The average molecular weight is 262 g/mol. The molecule has 102 valence electrons. The third-order valence-corrected chi connectivity index (χ3v) is 3.09. The summed E-state index contributed by atoms with van der Waals surface area (Å²) in [5, 5.41) is 7.62. The molecule has 4 nitrogen and oxygen atoms in total. The number of nitrogens with zero attached hydrogens (tertiary/aromatic N) is 2. The predicted octanol–water partition coefficient (Wildman–Crippen LogP) is 3.15. The smallest absolute Gasteiger partial charge is 0.152 e. The van der Waals surface area contributed by atoms with Gasteiger partial charge >= 0.3 is 0 Å². The van der Waals surface area contributed by atoms with E-state index in [2.05, 4.69) is 17.3 Å². The lowest BCUT2D eigenvalue weighted by Gasteiger charge is -2.10. The molecular formula is C14H19FN4. The van der Waals surface area contributed by atoms with Crippen LogP contribution in [0.15, 0.2) is 18.2 Å². The maximum atomic E-state index is 13.1. The third-order valence-electron chi connectivity index (χ3n) is 3.09. The van der Waals surface area contributed by atoms with Crippen LogP contribution >= 0.6 is 0 Å². The first-order chi connectivity index (χ1) is 9.02. The second-order valence-corrected chi connectivity index (χ2v) is 4.67. The number of nitrogens with one attached hydrogen (secondary N) is 1. The Kier molecular flexibility index (Phi) is 3.74. The number of hydrogen-bond acceptors (Lipinski definition) is 3. The normalized spacial score (nSPS) is 10.7. The molecule has 1 heterocycles. The van der Waals surface area contributed by atoms with E-state index in [0.29, 0.717) is 5.69 Å². The summed E-state index contributed by atoms with van der Waals surface area (Å²) in [5.74, 6) is 0.505. The van der Waals surface area contributed by atoms with E-state index in [0.717, 1.165) is 35.6 Å². The van der Waals surface area contributed by atoms with Crippen molar-refractivity contribution in [1.29, 1.82) is 0 Å². The maximum absolute atomic E-state index is 13.1. The van der Waals surface area contributed by atoms with Gasteiger partial charge in [-0.25, -0.2) is 4.39 Å². The van der Waals surface area contributed by atoms with Crippen molar-refractivity contribution in [3.05, 3.63) is 35.3 Å². The number of hydrogen-bond donors (Lipinski definition) is 2. The minimum atomic E-state index is -0.243. The Morgan fingerprint density at radius 1 is 1.42 bits per heavy atom. The van der Waals surface area contributed by atoms with Gasteiger partial charge in [-0.15, -0.1) is 0 Å². The van der Waals surface area contributed by atoms with E-state index in [1.165, 1.54) is 12.1 Å². The fraction of sp³-hybridized carbons (Fsp3) is 0.357. The van der Waals surface area contributed by atoms with Crippen LogP contribution in [0.2, 0.25) is 0 Å². The van der Waals surface area contributed by atoms with E-state index in [9.17, 15) is 4.39 Å². The number of anilines is 3. The van der Waals surface area contributed by atoms with Crippen LogP contribution in [0.3, 0.4) is 0 Å². The van der Waals surface area contributed by atoms with Crippen LogP contribution in [-0.2, 0) is 13.5 Å². The minimum absolute atomic E-state index is 0.243. The van der Waals surface area contributed by atoms with Crippen LogP contribution in [0.4, 0.5) is 21.6 Å². The van der Waals surface area contributed by atoms with E-state index < -0.39 is 0 Å². The highest BCUT2D eigenvalue weighted by Crippen LogP contribution is 2.28. The van der Waals surface area contributed by atoms with Crippen molar-refractivity contribution >= 4 is 17.2 Å². The van der Waals surface area contributed by atoms with Gasteiger partial charge < -0.3 is 11.1 Å². The van der Waals surface area contributed by atoms with Crippen LogP contribution in [0, 0.1) is 12.7 Å². The number of nitrogen functional groups attached to an aromatic ring is 1. The van der Waals surface area contributed by atoms with Gasteiger partial charge in [0.05, 0.1) is 11.4 Å². The van der Waals surface area contributed by atoms with Gasteiger partial charge in [-0.3, -0.25) is 4.68 Å². The zero-order chi connectivity index (χ0) is 14.0. The number of benzene rings is 1. The number of halogens is 1. The third kappa shape index (κ3) is 2.70. The Bertz CT molecular complexity index is 589. The monoisotopic (exact) mass is 262 g/mol. The highest BCUT2D eigenvalue weighted by Gasteiger charge is 2.13. The molecule has 0 amide bonds. The standard InChI is InChI=1S/C14H19FN4/c1-4-5-12-13(16)14(19(3)18-12)17-11-7-6-10(15)8-9(11)2/h6-8,17H,4-5,16H2,1-3H3. The van der Waals surface area contributed by atoms with E-state index in [4.69, 9.17) is 5.73 Å². The topological polar surface area (TPSA) is 55.9 Å². The molecule has 0 saturated carbocycles. The van der Waals surface area contributed by atoms with E-state index in [-0.39, 0.29) is 5.82 Å². The van der Waals surface area contributed by atoms with Gasteiger partial charge in [0.1, 0.15) is 5.82 Å². The first-order valence-corrected chi connectivity index (χ1v) is 6.37. The molecule has 2 aromatic rings. The second kappa shape index (κ2) is 5.30. The van der Waals surface area contributed by atoms with Crippen LogP contribution in [0.1, 0.15) is 24.6 Å². The lowest BCUT2D eigenvalue weighted by atomic mass is 10.2. The summed E-state index contributed by atoms with van der Waals surface area (Å²) in [4.78, 5) is 0. The molecule has 2 rings (SSSR count). The van der Waals surface area contributed by atoms with E-state index in [1.807, 2.05) is 14.0 Å². The fourth-order valence-corrected chi connectivity index (χ4v) is 2.06. The first-order valence-electron chi connectivity index (χ1n) is 6.37. The van der Waals surface area contributed by atoms with Gasteiger partial charge in [-0.1, -0.05) is 13.3 Å². The van der Waals surface area contributed by atoms with Gasteiger partial charge in [0, 0.05) is 12.7 Å². The van der Waals surface area contributed by atoms with Crippen molar-refractivity contribution in [3.8, 4) is 0 Å². The summed E-state index contributed by atoms with van der Waals surface area (Å²) in [5.41, 5.74) is 9.32. The number of aryl methyl sites for hydroxylation is 3. The predicted molar refractivity (Wildman–Crippen MR) is 76.0 cm³/mol. The lowest BCUT2D eigenvalue weighted by Crippen LogP contribution is -2.02. The summed E-state index contributed by atoms with van der Waals surface area (Å²) >= 11 is 0. The summed E-state index contributed by atoms with van der Waals surface area (Å²) < 4.78 is 14.8. The first kappa shape index (κ1) is 13.4. The van der Waals surface area contributed by atoms with Crippen molar-refractivity contribution < 1.29 is 4.39 Å². The average Bonchev–Trinajstić information content (AvgIpc) is 2.60. The molecule has 19 heavy (non-hydrogen) atoms. The highest BCUT2D eigenvalue weighted by atomic mass is 19.1. The lowest BCUT2D eigenvalue weighted by molar-refractivity contribution is 0.627. The van der Waals surface area contributed by atoms with Gasteiger partial charge in [0.15, 0.2) is 5.82 Å². The molecule has 0 aliphatic carbocycles. The molecule has 1 aromatic carbocycles. The molecule has 0 fully saturated rings. The van der Waals surface area contributed by atoms with E-state index in [1.54, 1.807) is 10.7 Å². The SMILES string of the molecule is CCCc1nn(C)c(Nc2ccc(F)cc2C)c1N. The van der Waals surface area contributed by atoms with Gasteiger partial charge in [-0.05, 0) is 37.1 Å². The minimum Gasteiger partial charge on any atom is -0.394 e. The molecule has 0 radical (unpaired) electrons. The van der Waals surface area contributed by atoms with Crippen molar-refractivity contribution in [1.82, 2.24) is 9.78 Å². The van der Waals surface area contributed by atoms with Gasteiger partial charge in [0.2, 0.25) is 0 Å². The van der Waals surface area contributed by atoms with Crippen LogP contribution in [0.5, 0.6) is 0 Å². The highest BCUT2D eigenvalue weighted by molar-refractivity contribution is 5.72. The Morgan fingerprint density at radius 2 is 2.16 bits per heavy atom. The van der Waals surface area contributed by atoms with Crippen LogP contribution < -0.4 is 11.1 Å². The van der Waals surface area contributed by atoms with Crippen molar-refractivity contribution in [2.45, 2.75) is 26.7 Å². The van der Waals surface area contributed by atoms with Gasteiger partial charge in [0.25, 0.3) is 0 Å². The zero-order valence-corrected chi connectivity index (χ0v) is 11.5. The molecule has 0 aliphatic heterocycles. The largest absolute Gasteiger partial charge is 0.394 e. The Hall–Kier alpha value is -2.04. The summed E-state index contributed by atoms with van der Waals surface area (Å²) in [7, 11) is 1.84. The summed E-state index contributed by atoms with van der Waals surface area (Å²) in [6.45, 7) is 3.94. The summed E-state index contributed by atoms with van der Waals surface area (Å²) in [6.07, 6.45) is 1.85. The Balaban J connectivity index is 2.33. The molecule has 0 saturated heterocycles. The molecule has 0 atom stereocenters. The fourth-order valence-electron chi connectivity index (χ4n) is 2.06. The summed E-state index contributed by atoms with van der Waals surface area (Å²) in [6, 6.07) is 4.62. The molecule has 5 heteroatoms. The van der Waals surface area contributed by atoms with Crippen LogP contribution in [0.25, 0.3) is 0 Å². The number of nitrogens with two attached hydrogens (primary N) is 1. The number of aromatic nitrogens is 2. The van der Waals surface area contributed by atoms with Crippen molar-refractivity contribution in [3.63, 3.8) is 0 Å². The van der Waals surface area contributed by atoms with E-state index >= 15 is 0 Å². The molecule has 0 spiro atoms. The van der Waals surface area contributed by atoms with Crippen molar-refractivity contribution in [2.24, 2.45) is 7.05 Å². The molecule has 3 N–H and O–H groups in total. The molecular weight excluding hydrogens is 243 g/mol. The molecule has 1 aromatic heterocycles. The number of rotatable bonds is 4. The second-order valence-electron chi connectivity index (χ2n) is 4.67. The van der Waals surface area contributed by atoms with Gasteiger partial charge in [-0.2, -0.15) is 5.10 Å². The quantitative estimate of drug-likeness (QED) is 0.890. The van der Waals surface area contributed by atoms with Crippen molar-refractivity contribution in [2.75, 3.05) is 11.1 Å². The zero-order valence-electron chi connectivity index (χ0n) is 11.5. The molecule has 0 aliphatic rings. The molecule has 0 unspecified atom stereocenters.